The minimum atomic E-state index is 0.558. The van der Waals surface area contributed by atoms with Crippen LogP contribution in [0.4, 0.5) is 0 Å². The number of hydrogen-bond acceptors (Lipinski definition) is 5. The lowest BCUT2D eigenvalue weighted by molar-refractivity contribution is 0.412. The topological polar surface area (TPSA) is 61.8 Å². The van der Waals surface area contributed by atoms with E-state index < -0.39 is 0 Å². The van der Waals surface area contributed by atoms with Crippen molar-refractivity contribution in [3.63, 3.8) is 0 Å². The highest BCUT2D eigenvalue weighted by molar-refractivity contribution is 7.15. The summed E-state index contributed by atoms with van der Waals surface area (Å²) in [4.78, 5) is 5.42. The lowest BCUT2D eigenvalue weighted by Gasteiger charge is -2.06. The van der Waals surface area contributed by atoms with Crippen molar-refractivity contribution in [2.45, 2.75) is 6.42 Å². The van der Waals surface area contributed by atoms with Crippen LogP contribution in [0.3, 0.4) is 0 Å². The fourth-order valence-electron chi connectivity index (χ4n) is 2.01. The first-order valence-corrected chi connectivity index (χ1v) is 7.16. The number of fused-ring (bicyclic) bond motifs is 1. The molecular weight excluding hydrogens is 274 g/mol. The van der Waals surface area contributed by atoms with Crippen LogP contribution in [-0.4, -0.2) is 23.0 Å². The van der Waals surface area contributed by atoms with Gasteiger partial charge < -0.3 is 15.2 Å². The molecule has 0 radical (unpaired) electrons. The first-order valence-electron chi connectivity index (χ1n) is 6.28. The van der Waals surface area contributed by atoms with Gasteiger partial charge in [0.2, 0.25) is 5.88 Å². The van der Waals surface area contributed by atoms with Gasteiger partial charge in [-0.1, -0.05) is 0 Å². The van der Waals surface area contributed by atoms with Gasteiger partial charge in [0, 0.05) is 18.0 Å². The zero-order valence-corrected chi connectivity index (χ0v) is 11.9. The first kappa shape index (κ1) is 13.0. The van der Waals surface area contributed by atoms with Crippen molar-refractivity contribution in [1.29, 1.82) is 0 Å². The molecule has 0 unspecified atom stereocenters. The monoisotopic (exact) mass is 289 g/mol. The number of ether oxygens (including phenoxy) is 2. The van der Waals surface area contributed by atoms with Crippen LogP contribution in [0.25, 0.3) is 4.96 Å². The van der Waals surface area contributed by atoms with E-state index in [2.05, 4.69) is 4.98 Å². The molecule has 0 amide bonds. The molecule has 0 aliphatic heterocycles. The first-order chi connectivity index (χ1) is 9.81. The zero-order chi connectivity index (χ0) is 13.9. The minimum absolute atomic E-state index is 0.558. The Morgan fingerprint density at radius 3 is 2.70 bits per heavy atom. The van der Waals surface area contributed by atoms with Crippen molar-refractivity contribution in [2.75, 3.05) is 13.7 Å². The summed E-state index contributed by atoms with van der Waals surface area (Å²) in [7, 11) is 1.64. The minimum Gasteiger partial charge on any atom is -0.497 e. The van der Waals surface area contributed by atoms with Crippen LogP contribution in [-0.2, 0) is 6.42 Å². The average Bonchev–Trinajstić information content (AvgIpc) is 3.03. The number of benzene rings is 1. The number of thiazole rings is 1. The number of nitrogens with zero attached hydrogens (tertiary/aromatic N) is 2. The predicted molar refractivity (Wildman–Crippen MR) is 78.9 cm³/mol. The molecule has 5 nitrogen and oxygen atoms in total. The summed E-state index contributed by atoms with van der Waals surface area (Å²) in [5.74, 6) is 2.15. The molecule has 2 N–H and O–H groups in total. The van der Waals surface area contributed by atoms with Gasteiger partial charge in [-0.15, -0.1) is 11.3 Å². The number of hydrogen-bond donors (Lipinski definition) is 1. The summed E-state index contributed by atoms with van der Waals surface area (Å²) in [5.41, 5.74) is 6.67. The normalized spacial score (nSPS) is 10.9. The lowest BCUT2D eigenvalue weighted by Crippen LogP contribution is -2.05. The van der Waals surface area contributed by atoms with Crippen molar-refractivity contribution in [3.05, 3.63) is 41.5 Å². The quantitative estimate of drug-likeness (QED) is 0.784. The molecule has 0 aliphatic carbocycles. The molecule has 0 fully saturated rings. The van der Waals surface area contributed by atoms with E-state index in [1.165, 1.54) is 0 Å². The van der Waals surface area contributed by atoms with Gasteiger partial charge in [-0.25, -0.2) is 0 Å². The summed E-state index contributed by atoms with van der Waals surface area (Å²) in [6, 6.07) is 7.43. The van der Waals surface area contributed by atoms with Crippen molar-refractivity contribution in [3.8, 4) is 17.4 Å². The van der Waals surface area contributed by atoms with Gasteiger partial charge in [-0.2, -0.15) is 4.98 Å². The highest BCUT2D eigenvalue weighted by Crippen LogP contribution is 2.29. The van der Waals surface area contributed by atoms with Crippen molar-refractivity contribution >= 4 is 16.3 Å². The Bertz CT molecular complexity index is 703. The SMILES string of the molecule is COc1ccc(Oc2nc3sccn3c2CCN)cc1. The van der Waals surface area contributed by atoms with E-state index in [9.17, 15) is 0 Å². The van der Waals surface area contributed by atoms with Crippen LogP contribution >= 0.6 is 11.3 Å². The van der Waals surface area contributed by atoms with Gasteiger partial charge in [0.25, 0.3) is 0 Å². The molecule has 0 saturated carbocycles. The molecule has 0 atom stereocenters. The third kappa shape index (κ3) is 2.35. The van der Waals surface area contributed by atoms with Crippen LogP contribution in [0, 0.1) is 0 Å². The average molecular weight is 289 g/mol. The van der Waals surface area contributed by atoms with Gasteiger partial charge >= 0.3 is 0 Å². The third-order valence-electron chi connectivity index (χ3n) is 2.98. The summed E-state index contributed by atoms with van der Waals surface area (Å²) < 4.78 is 13.0. The Morgan fingerprint density at radius 1 is 1.25 bits per heavy atom. The van der Waals surface area contributed by atoms with E-state index in [-0.39, 0.29) is 0 Å². The third-order valence-corrected chi connectivity index (χ3v) is 3.74. The Labute approximate surface area is 120 Å². The van der Waals surface area contributed by atoms with Gasteiger partial charge in [0.15, 0.2) is 4.96 Å². The summed E-state index contributed by atoms with van der Waals surface area (Å²) >= 11 is 1.58. The van der Waals surface area contributed by atoms with E-state index >= 15 is 0 Å². The van der Waals surface area contributed by atoms with Crippen LogP contribution in [0.1, 0.15) is 5.69 Å². The molecule has 3 aromatic rings. The molecule has 0 aliphatic rings. The Balaban J connectivity index is 1.92. The maximum atomic E-state index is 5.87. The molecular formula is C14H15N3O2S. The van der Waals surface area contributed by atoms with Crippen molar-refractivity contribution < 1.29 is 9.47 Å². The van der Waals surface area contributed by atoms with E-state index in [1.54, 1.807) is 18.4 Å². The van der Waals surface area contributed by atoms with Crippen molar-refractivity contribution in [2.24, 2.45) is 5.73 Å². The highest BCUT2D eigenvalue weighted by atomic mass is 32.1. The van der Waals surface area contributed by atoms with Gasteiger partial charge in [0.05, 0.1) is 12.8 Å². The summed E-state index contributed by atoms with van der Waals surface area (Å²) in [6.07, 6.45) is 2.71. The van der Waals surface area contributed by atoms with E-state index in [1.807, 2.05) is 40.2 Å². The number of rotatable bonds is 5. The fraction of sp³-hybridized carbons (Fsp3) is 0.214. The van der Waals surface area contributed by atoms with Gasteiger partial charge in [0.1, 0.15) is 11.5 Å². The summed E-state index contributed by atoms with van der Waals surface area (Å²) in [6.45, 7) is 0.558. The highest BCUT2D eigenvalue weighted by Gasteiger charge is 2.14. The Morgan fingerprint density at radius 2 is 2.00 bits per heavy atom. The summed E-state index contributed by atoms with van der Waals surface area (Å²) in [5, 5.41) is 2.00. The number of methoxy groups -OCH3 is 1. The van der Waals surface area contributed by atoms with Crippen molar-refractivity contribution in [1.82, 2.24) is 9.38 Å². The van der Waals surface area contributed by atoms with Gasteiger partial charge in [-0.3, -0.25) is 4.40 Å². The molecule has 104 valence electrons. The maximum absolute atomic E-state index is 5.87. The Kier molecular flexibility index (Phi) is 3.58. The zero-order valence-electron chi connectivity index (χ0n) is 11.1. The molecule has 0 spiro atoms. The molecule has 0 saturated heterocycles. The van der Waals surface area contributed by atoms with Crippen LogP contribution in [0.15, 0.2) is 35.8 Å². The number of nitrogens with two attached hydrogens (primary N) is 1. The van der Waals surface area contributed by atoms with E-state index in [4.69, 9.17) is 15.2 Å². The lowest BCUT2D eigenvalue weighted by atomic mass is 10.3. The van der Waals surface area contributed by atoms with Crippen LogP contribution < -0.4 is 15.2 Å². The second-order valence-corrected chi connectivity index (χ2v) is 5.11. The second kappa shape index (κ2) is 5.52. The van der Waals surface area contributed by atoms with E-state index in [0.717, 1.165) is 28.6 Å². The van der Waals surface area contributed by atoms with Crippen LogP contribution in [0.5, 0.6) is 17.4 Å². The standard InChI is InChI=1S/C14H15N3O2S/c1-18-10-2-4-11(5-3-10)19-13-12(6-7-15)17-8-9-20-14(17)16-13/h2-5,8-9H,6-7,15H2,1H3. The molecule has 2 heterocycles. The number of imidazole rings is 1. The molecule has 1 aromatic carbocycles. The molecule has 6 heteroatoms. The smallest absolute Gasteiger partial charge is 0.242 e. The molecule has 2 aromatic heterocycles. The molecule has 3 rings (SSSR count). The second-order valence-electron chi connectivity index (χ2n) is 4.24. The molecule has 0 bridgehead atoms. The fourth-order valence-corrected chi connectivity index (χ4v) is 2.74. The van der Waals surface area contributed by atoms with E-state index in [0.29, 0.717) is 12.4 Å². The largest absolute Gasteiger partial charge is 0.497 e. The van der Waals surface area contributed by atoms with Crippen LogP contribution in [0.2, 0.25) is 0 Å². The van der Waals surface area contributed by atoms with Gasteiger partial charge in [-0.05, 0) is 30.8 Å². The number of aromatic nitrogens is 2. The Hall–Kier alpha value is -2.05. The maximum Gasteiger partial charge on any atom is 0.242 e. The predicted octanol–water partition coefficient (Wildman–Crippen LogP) is 2.70. The molecule has 20 heavy (non-hydrogen) atoms.